The Kier molecular flexibility index (Phi) is 5.78. The van der Waals surface area contributed by atoms with Crippen LogP contribution in [0.4, 0.5) is 5.13 Å². The summed E-state index contributed by atoms with van der Waals surface area (Å²) in [5, 5.41) is 1.49. The molecule has 0 unspecified atom stereocenters. The highest BCUT2D eigenvalue weighted by atomic mass is 35.5. The van der Waals surface area contributed by atoms with Crippen LogP contribution in [0.25, 0.3) is 10.2 Å². The monoisotopic (exact) mass is 445 g/mol. The zero-order valence-electron chi connectivity index (χ0n) is 16.6. The van der Waals surface area contributed by atoms with Crippen molar-refractivity contribution >= 4 is 50.2 Å². The molecule has 2 heterocycles. The number of ether oxygens (including phenoxy) is 2. The molecule has 0 atom stereocenters. The third-order valence-electron chi connectivity index (χ3n) is 5.07. The first-order valence-electron chi connectivity index (χ1n) is 9.38. The van der Waals surface area contributed by atoms with Gasteiger partial charge in [0, 0.05) is 26.2 Å². The van der Waals surface area contributed by atoms with E-state index < -0.39 is 5.97 Å². The second-order valence-corrected chi connectivity index (χ2v) is 8.12. The van der Waals surface area contributed by atoms with Crippen LogP contribution >= 0.6 is 22.9 Å². The Balaban J connectivity index is 1.51. The van der Waals surface area contributed by atoms with E-state index >= 15 is 0 Å². The lowest BCUT2D eigenvalue weighted by molar-refractivity contribution is 0.0589. The number of nitrogens with zero attached hydrogens (tertiary/aromatic N) is 3. The molecular formula is C21H20ClN3O4S. The summed E-state index contributed by atoms with van der Waals surface area (Å²) in [7, 11) is 2.92. The first-order chi connectivity index (χ1) is 14.5. The van der Waals surface area contributed by atoms with Gasteiger partial charge >= 0.3 is 5.97 Å². The third kappa shape index (κ3) is 3.68. The molecule has 30 heavy (non-hydrogen) atoms. The number of anilines is 1. The van der Waals surface area contributed by atoms with Gasteiger partial charge in [-0.25, -0.2) is 9.78 Å². The van der Waals surface area contributed by atoms with Gasteiger partial charge in [-0.05, 0) is 24.3 Å². The van der Waals surface area contributed by atoms with Crippen molar-refractivity contribution in [3.05, 3.63) is 52.5 Å². The van der Waals surface area contributed by atoms with Gasteiger partial charge in [-0.2, -0.15) is 0 Å². The fraction of sp³-hybridized carbons (Fsp3) is 0.286. The quantitative estimate of drug-likeness (QED) is 0.570. The molecule has 4 rings (SSSR count). The standard InChI is InChI=1S/C21H20ClN3O4S/c1-28-16-8-7-15(22)18-17(16)23-21(30-18)25-11-9-24(10-12-25)19(26)13-5-3-4-6-14(13)20(27)29-2/h3-8H,9-12H2,1-2H3. The van der Waals surface area contributed by atoms with E-state index in [4.69, 9.17) is 26.1 Å². The van der Waals surface area contributed by atoms with Crippen molar-refractivity contribution in [3.8, 4) is 5.75 Å². The van der Waals surface area contributed by atoms with Crippen molar-refractivity contribution in [2.75, 3.05) is 45.3 Å². The summed E-state index contributed by atoms with van der Waals surface area (Å²) >= 11 is 7.84. The van der Waals surface area contributed by atoms with Gasteiger partial charge in [0.1, 0.15) is 11.3 Å². The van der Waals surface area contributed by atoms with E-state index in [0.717, 1.165) is 15.3 Å². The summed E-state index contributed by atoms with van der Waals surface area (Å²) in [6, 6.07) is 10.3. The van der Waals surface area contributed by atoms with Gasteiger partial charge in [0.2, 0.25) is 0 Å². The van der Waals surface area contributed by atoms with Crippen molar-refractivity contribution in [1.29, 1.82) is 0 Å². The number of carbonyl (C=O) groups is 2. The van der Waals surface area contributed by atoms with Crippen molar-refractivity contribution in [1.82, 2.24) is 9.88 Å². The first kappa shape index (κ1) is 20.4. The molecule has 0 aliphatic carbocycles. The van der Waals surface area contributed by atoms with Gasteiger partial charge in [-0.3, -0.25) is 4.79 Å². The number of halogens is 1. The molecule has 1 fully saturated rings. The van der Waals surface area contributed by atoms with Gasteiger partial charge in [0.25, 0.3) is 5.91 Å². The van der Waals surface area contributed by atoms with Crippen LogP contribution in [0.3, 0.4) is 0 Å². The lowest BCUT2D eigenvalue weighted by atomic mass is 10.1. The summed E-state index contributed by atoms with van der Waals surface area (Å²) in [6.45, 7) is 2.31. The van der Waals surface area contributed by atoms with E-state index in [1.165, 1.54) is 18.4 Å². The Bertz CT molecular complexity index is 1110. The van der Waals surface area contributed by atoms with Crippen LogP contribution in [-0.2, 0) is 4.74 Å². The molecule has 7 nitrogen and oxygen atoms in total. The van der Waals surface area contributed by atoms with E-state index in [1.54, 1.807) is 42.3 Å². The van der Waals surface area contributed by atoms with Crippen molar-refractivity contribution in [2.45, 2.75) is 0 Å². The van der Waals surface area contributed by atoms with Gasteiger partial charge in [0.15, 0.2) is 5.13 Å². The first-order valence-corrected chi connectivity index (χ1v) is 10.6. The maximum Gasteiger partial charge on any atom is 0.338 e. The van der Waals surface area contributed by atoms with Crippen LogP contribution in [-0.4, -0.2) is 62.2 Å². The smallest absolute Gasteiger partial charge is 0.338 e. The predicted octanol–water partition coefficient (Wildman–Crippen LogP) is 3.71. The molecule has 1 saturated heterocycles. The number of amides is 1. The van der Waals surface area contributed by atoms with E-state index in [9.17, 15) is 9.59 Å². The Morgan fingerprint density at radius 2 is 1.73 bits per heavy atom. The molecule has 3 aromatic rings. The SMILES string of the molecule is COC(=O)c1ccccc1C(=O)N1CCN(c2nc3c(OC)ccc(Cl)c3s2)CC1. The second-order valence-electron chi connectivity index (χ2n) is 6.74. The summed E-state index contributed by atoms with van der Waals surface area (Å²) in [5.41, 5.74) is 1.38. The lowest BCUT2D eigenvalue weighted by Crippen LogP contribution is -2.49. The number of hydrogen-bond acceptors (Lipinski definition) is 7. The Morgan fingerprint density at radius 3 is 2.40 bits per heavy atom. The number of aromatic nitrogens is 1. The van der Waals surface area contributed by atoms with Crippen molar-refractivity contribution in [3.63, 3.8) is 0 Å². The summed E-state index contributed by atoms with van der Waals surface area (Å²) in [6.07, 6.45) is 0. The number of rotatable bonds is 4. The number of piperazine rings is 1. The number of esters is 1. The highest BCUT2D eigenvalue weighted by molar-refractivity contribution is 7.22. The lowest BCUT2D eigenvalue weighted by Gasteiger charge is -2.34. The van der Waals surface area contributed by atoms with Gasteiger partial charge in [0.05, 0.1) is 35.1 Å². The Labute approximate surface area is 182 Å². The minimum Gasteiger partial charge on any atom is -0.494 e. The maximum absolute atomic E-state index is 13.0. The molecule has 0 saturated carbocycles. The normalized spacial score (nSPS) is 14.1. The molecule has 156 valence electrons. The molecular weight excluding hydrogens is 426 g/mol. The number of methoxy groups -OCH3 is 2. The highest BCUT2D eigenvalue weighted by Crippen LogP contribution is 2.38. The Hall–Kier alpha value is -2.84. The van der Waals surface area contributed by atoms with Crippen LogP contribution in [0.1, 0.15) is 20.7 Å². The van der Waals surface area contributed by atoms with Crippen molar-refractivity contribution in [2.24, 2.45) is 0 Å². The van der Waals surface area contributed by atoms with Crippen LogP contribution in [0, 0.1) is 0 Å². The molecule has 0 N–H and O–H groups in total. The number of carbonyl (C=O) groups excluding carboxylic acids is 2. The fourth-order valence-corrected chi connectivity index (χ4v) is 4.78. The Morgan fingerprint density at radius 1 is 1.03 bits per heavy atom. The zero-order valence-corrected chi connectivity index (χ0v) is 18.1. The largest absolute Gasteiger partial charge is 0.494 e. The zero-order chi connectivity index (χ0) is 21.3. The highest BCUT2D eigenvalue weighted by Gasteiger charge is 2.27. The van der Waals surface area contributed by atoms with E-state index in [2.05, 4.69) is 4.90 Å². The van der Waals surface area contributed by atoms with Crippen LogP contribution in [0.5, 0.6) is 5.75 Å². The second kappa shape index (κ2) is 8.49. The van der Waals surface area contributed by atoms with Crippen molar-refractivity contribution < 1.29 is 19.1 Å². The summed E-state index contributed by atoms with van der Waals surface area (Å²) in [5.74, 6) is -0.00678. The van der Waals surface area contributed by atoms with E-state index in [0.29, 0.717) is 42.5 Å². The van der Waals surface area contributed by atoms with E-state index in [-0.39, 0.29) is 11.5 Å². The summed E-state index contributed by atoms with van der Waals surface area (Å²) in [4.78, 5) is 33.6. The van der Waals surface area contributed by atoms with Crippen LogP contribution < -0.4 is 9.64 Å². The molecule has 0 bridgehead atoms. The molecule has 1 aromatic heterocycles. The molecule has 2 aromatic carbocycles. The number of hydrogen-bond donors (Lipinski definition) is 0. The molecule has 1 aliphatic rings. The van der Waals surface area contributed by atoms with E-state index in [1.807, 2.05) is 6.07 Å². The predicted molar refractivity (Wildman–Crippen MR) is 117 cm³/mol. The molecule has 1 amide bonds. The topological polar surface area (TPSA) is 72.0 Å². The van der Waals surface area contributed by atoms with Gasteiger partial charge in [-0.1, -0.05) is 35.1 Å². The third-order valence-corrected chi connectivity index (χ3v) is 6.64. The molecule has 0 radical (unpaired) electrons. The summed E-state index contributed by atoms with van der Waals surface area (Å²) < 4.78 is 11.1. The molecule has 9 heteroatoms. The van der Waals surface area contributed by atoms with Gasteiger partial charge < -0.3 is 19.3 Å². The average Bonchev–Trinajstić information content (AvgIpc) is 3.25. The average molecular weight is 446 g/mol. The molecule has 1 aliphatic heterocycles. The minimum absolute atomic E-state index is 0.176. The fourth-order valence-electron chi connectivity index (χ4n) is 3.47. The number of thiazole rings is 1. The number of benzene rings is 2. The van der Waals surface area contributed by atoms with Crippen LogP contribution in [0.15, 0.2) is 36.4 Å². The molecule has 0 spiro atoms. The number of fused-ring (bicyclic) bond motifs is 1. The minimum atomic E-state index is -0.516. The maximum atomic E-state index is 13.0. The van der Waals surface area contributed by atoms with Crippen LogP contribution in [0.2, 0.25) is 5.02 Å². The van der Waals surface area contributed by atoms with Gasteiger partial charge in [-0.15, -0.1) is 0 Å².